The molecular formula is C26H30N4O4S. The van der Waals surface area contributed by atoms with Gasteiger partial charge in [0.25, 0.3) is 5.91 Å². The Morgan fingerprint density at radius 2 is 1.80 bits per heavy atom. The molecule has 1 aliphatic heterocycles. The van der Waals surface area contributed by atoms with Crippen molar-refractivity contribution in [1.82, 2.24) is 10.3 Å². The quantitative estimate of drug-likeness (QED) is 0.468. The van der Waals surface area contributed by atoms with Crippen LogP contribution in [0, 0.1) is 0 Å². The molecule has 8 nitrogen and oxygen atoms in total. The summed E-state index contributed by atoms with van der Waals surface area (Å²) in [6, 6.07) is 17.0. The highest BCUT2D eigenvalue weighted by Crippen LogP contribution is 2.36. The second-order valence-corrected chi connectivity index (χ2v) is 10.3. The van der Waals surface area contributed by atoms with Gasteiger partial charge in [-0.2, -0.15) is 0 Å². The van der Waals surface area contributed by atoms with Gasteiger partial charge in [0, 0.05) is 24.7 Å². The lowest BCUT2D eigenvalue weighted by Gasteiger charge is -2.25. The molecule has 3 N–H and O–H groups in total. The number of carbonyl (C=O) groups excluding carboxylic acids is 2. The zero-order chi connectivity index (χ0) is 25.0. The number of ether oxygens (including phenoxy) is 2. The molecule has 4 rings (SSSR count). The fourth-order valence-corrected chi connectivity index (χ4v) is 4.95. The summed E-state index contributed by atoms with van der Waals surface area (Å²) >= 11 is 1.28. The number of nitrogens with zero attached hydrogens (tertiary/aromatic N) is 2. The number of primary amides is 1. The fourth-order valence-electron chi connectivity index (χ4n) is 3.91. The highest BCUT2D eigenvalue weighted by atomic mass is 32.1. The molecule has 35 heavy (non-hydrogen) atoms. The first kappa shape index (κ1) is 24.5. The molecule has 0 bridgehead atoms. The number of thiazole rings is 1. The Labute approximate surface area is 209 Å². The minimum Gasteiger partial charge on any atom is -0.457 e. The van der Waals surface area contributed by atoms with E-state index < -0.39 is 17.6 Å². The third kappa shape index (κ3) is 6.30. The number of hydrogen-bond acceptors (Lipinski definition) is 7. The molecule has 1 saturated heterocycles. The summed E-state index contributed by atoms with van der Waals surface area (Å²) in [5.41, 5.74) is 6.48. The molecule has 0 aliphatic carbocycles. The van der Waals surface area contributed by atoms with E-state index in [2.05, 4.69) is 10.2 Å². The molecule has 9 heteroatoms. The van der Waals surface area contributed by atoms with Crippen molar-refractivity contribution in [2.75, 3.05) is 18.0 Å². The van der Waals surface area contributed by atoms with Gasteiger partial charge in [-0.25, -0.2) is 9.78 Å². The van der Waals surface area contributed by atoms with Crippen LogP contribution < -0.4 is 20.7 Å². The summed E-state index contributed by atoms with van der Waals surface area (Å²) < 4.78 is 11.2. The maximum absolute atomic E-state index is 12.2. The van der Waals surface area contributed by atoms with Gasteiger partial charge in [-0.15, -0.1) is 0 Å². The zero-order valence-electron chi connectivity index (χ0n) is 20.1. The largest absolute Gasteiger partial charge is 0.457 e. The Balaban J connectivity index is 1.50. The predicted octanol–water partition coefficient (Wildman–Crippen LogP) is 5.19. The van der Waals surface area contributed by atoms with Crippen LogP contribution >= 0.6 is 11.3 Å². The van der Waals surface area contributed by atoms with E-state index in [9.17, 15) is 9.59 Å². The third-order valence-electron chi connectivity index (χ3n) is 5.45. The lowest BCUT2D eigenvalue weighted by Crippen LogP contribution is -2.42. The summed E-state index contributed by atoms with van der Waals surface area (Å²) in [6.07, 6.45) is 1.43. The number of alkyl carbamates (subject to hydrolysis) is 1. The van der Waals surface area contributed by atoms with Crippen LogP contribution in [0.3, 0.4) is 0 Å². The van der Waals surface area contributed by atoms with Crippen LogP contribution in [-0.2, 0) is 4.74 Å². The topological polar surface area (TPSA) is 107 Å². The number of rotatable bonds is 7. The summed E-state index contributed by atoms with van der Waals surface area (Å²) in [5, 5.41) is 3.57. The monoisotopic (exact) mass is 494 g/mol. The van der Waals surface area contributed by atoms with Gasteiger partial charge in [0.1, 0.15) is 22.0 Å². The number of hydrogen-bond donors (Lipinski definition) is 2. The maximum Gasteiger partial charge on any atom is 0.407 e. The van der Waals surface area contributed by atoms with E-state index in [1.807, 2.05) is 75.4 Å². The minimum absolute atomic E-state index is 0.0592. The molecule has 0 spiro atoms. The molecular weight excluding hydrogens is 464 g/mol. The Bertz CT molecular complexity index is 1170. The summed E-state index contributed by atoms with van der Waals surface area (Å²) in [6.45, 7) is 6.71. The molecule has 184 valence electrons. The summed E-state index contributed by atoms with van der Waals surface area (Å²) in [7, 11) is 0. The Kier molecular flexibility index (Phi) is 7.25. The van der Waals surface area contributed by atoms with Gasteiger partial charge in [-0.3, -0.25) is 4.79 Å². The smallest absolute Gasteiger partial charge is 0.407 e. The van der Waals surface area contributed by atoms with Crippen molar-refractivity contribution >= 4 is 28.5 Å². The van der Waals surface area contributed by atoms with E-state index in [0.29, 0.717) is 28.0 Å². The second-order valence-electron chi connectivity index (χ2n) is 9.35. The van der Waals surface area contributed by atoms with E-state index in [1.54, 1.807) is 0 Å². The Hall–Kier alpha value is -3.59. The summed E-state index contributed by atoms with van der Waals surface area (Å²) in [5.74, 6) is 0.911. The lowest BCUT2D eigenvalue weighted by atomic mass is 10.1. The highest BCUT2D eigenvalue weighted by molar-refractivity contribution is 7.18. The number of amides is 2. The average Bonchev–Trinajstić information content (AvgIpc) is 3.45. The molecule has 2 amide bonds. The normalized spacial score (nSPS) is 15.6. The minimum atomic E-state index is -0.554. The Morgan fingerprint density at radius 1 is 1.11 bits per heavy atom. The second kappa shape index (κ2) is 10.4. The van der Waals surface area contributed by atoms with Gasteiger partial charge >= 0.3 is 6.09 Å². The molecule has 1 aliphatic rings. The fraction of sp³-hybridized carbons (Fsp3) is 0.346. The van der Waals surface area contributed by atoms with Crippen molar-refractivity contribution in [1.29, 1.82) is 0 Å². The molecule has 0 radical (unpaired) electrons. The van der Waals surface area contributed by atoms with Crippen molar-refractivity contribution in [3.63, 3.8) is 0 Å². The molecule has 0 unspecified atom stereocenters. The van der Waals surface area contributed by atoms with Crippen molar-refractivity contribution in [3.05, 3.63) is 59.5 Å². The van der Waals surface area contributed by atoms with Crippen molar-refractivity contribution in [3.8, 4) is 22.8 Å². The molecule has 1 fully saturated rings. The van der Waals surface area contributed by atoms with Crippen LogP contribution in [0.15, 0.2) is 54.6 Å². The van der Waals surface area contributed by atoms with Crippen LogP contribution in [0.5, 0.6) is 11.5 Å². The van der Waals surface area contributed by atoms with Crippen LogP contribution in [0.4, 0.5) is 9.93 Å². The number of carbonyl (C=O) groups is 2. The van der Waals surface area contributed by atoms with Crippen molar-refractivity contribution < 1.29 is 19.1 Å². The third-order valence-corrected chi connectivity index (χ3v) is 6.56. The molecule has 1 atom stereocenters. The van der Waals surface area contributed by atoms with Crippen LogP contribution in [0.2, 0.25) is 0 Å². The molecule has 2 heterocycles. The van der Waals surface area contributed by atoms with E-state index >= 15 is 0 Å². The number of aromatic nitrogens is 1. The standard InChI is InChI=1S/C26H30N4O4S/c1-26(2,3)34-25(32)28-16-18-8-7-15-30(18)24-29-21(22(35-24)23(27)31)17-11-13-20(14-12-17)33-19-9-5-4-6-10-19/h4-6,9-14,18H,7-8,15-16H2,1-3H3,(H2,27,31)(H,28,32)/t18-/m1/s1. The van der Waals surface area contributed by atoms with Gasteiger partial charge in [0.15, 0.2) is 5.13 Å². The number of anilines is 1. The van der Waals surface area contributed by atoms with Crippen molar-refractivity contribution in [2.24, 2.45) is 5.73 Å². The van der Waals surface area contributed by atoms with Gasteiger partial charge < -0.3 is 25.4 Å². The van der Waals surface area contributed by atoms with Gasteiger partial charge in [-0.1, -0.05) is 29.5 Å². The number of benzene rings is 2. The number of nitrogens with one attached hydrogen (secondary N) is 1. The molecule has 3 aromatic rings. The molecule has 2 aromatic carbocycles. The van der Waals surface area contributed by atoms with Crippen LogP contribution in [0.1, 0.15) is 43.3 Å². The van der Waals surface area contributed by atoms with E-state index in [0.717, 1.165) is 30.7 Å². The Morgan fingerprint density at radius 3 is 2.46 bits per heavy atom. The number of nitrogens with two attached hydrogens (primary N) is 1. The lowest BCUT2D eigenvalue weighted by molar-refractivity contribution is 0.0524. The van der Waals surface area contributed by atoms with E-state index in [1.165, 1.54) is 11.3 Å². The average molecular weight is 495 g/mol. The van der Waals surface area contributed by atoms with Gasteiger partial charge in [-0.05, 0) is 70.0 Å². The number of para-hydroxylation sites is 1. The van der Waals surface area contributed by atoms with Crippen molar-refractivity contribution in [2.45, 2.75) is 45.3 Å². The zero-order valence-corrected chi connectivity index (χ0v) is 20.9. The predicted molar refractivity (Wildman–Crippen MR) is 137 cm³/mol. The van der Waals surface area contributed by atoms with E-state index in [-0.39, 0.29) is 6.04 Å². The SMILES string of the molecule is CC(C)(C)OC(=O)NC[C@H]1CCCN1c1nc(-c2ccc(Oc3ccccc3)cc2)c(C(N)=O)s1. The van der Waals surface area contributed by atoms with Gasteiger partial charge in [0.2, 0.25) is 0 Å². The van der Waals surface area contributed by atoms with Crippen LogP contribution in [-0.4, -0.2) is 41.7 Å². The molecule has 0 saturated carbocycles. The molecule has 1 aromatic heterocycles. The first-order valence-corrected chi connectivity index (χ1v) is 12.4. The van der Waals surface area contributed by atoms with Gasteiger partial charge in [0.05, 0.1) is 5.69 Å². The van der Waals surface area contributed by atoms with E-state index in [4.69, 9.17) is 20.2 Å². The first-order chi connectivity index (χ1) is 16.7. The summed E-state index contributed by atoms with van der Waals surface area (Å²) in [4.78, 5) is 31.7. The highest BCUT2D eigenvalue weighted by Gasteiger charge is 2.30. The first-order valence-electron chi connectivity index (χ1n) is 11.6. The maximum atomic E-state index is 12.2. The van der Waals surface area contributed by atoms with Crippen LogP contribution in [0.25, 0.3) is 11.3 Å².